The van der Waals surface area contributed by atoms with E-state index in [4.69, 9.17) is 9.47 Å². The first-order valence-electron chi connectivity index (χ1n) is 9.96. The zero-order valence-corrected chi connectivity index (χ0v) is 16.4. The maximum atomic E-state index is 14.3. The van der Waals surface area contributed by atoms with Gasteiger partial charge in [0, 0.05) is 18.7 Å². The third-order valence-corrected chi connectivity index (χ3v) is 5.69. The Balaban J connectivity index is 1.57. The minimum absolute atomic E-state index is 0.0157. The van der Waals surface area contributed by atoms with Crippen LogP contribution in [0.5, 0.6) is 5.75 Å². The molecule has 0 spiro atoms. The Bertz CT molecular complexity index is 1090. The van der Waals surface area contributed by atoms with Crippen LogP contribution in [0.3, 0.4) is 0 Å². The number of rotatable bonds is 3. The minimum atomic E-state index is -4.66. The van der Waals surface area contributed by atoms with Crippen molar-refractivity contribution in [2.75, 3.05) is 38.2 Å². The van der Waals surface area contributed by atoms with Crippen LogP contribution in [0.2, 0.25) is 0 Å². The Morgan fingerprint density at radius 2 is 1.90 bits per heavy atom. The molecule has 5 rings (SSSR count). The summed E-state index contributed by atoms with van der Waals surface area (Å²) in [6.45, 7) is 2.97. The average molecular weight is 436 g/mol. The Morgan fingerprint density at radius 3 is 2.68 bits per heavy atom. The highest BCUT2D eigenvalue weighted by Gasteiger charge is 2.37. The molecule has 0 amide bonds. The van der Waals surface area contributed by atoms with E-state index in [9.17, 15) is 17.6 Å². The smallest absolute Gasteiger partial charge is 0.449 e. The fraction of sp³-hybridized carbons (Fsp3) is 0.381. The molecule has 0 bridgehead atoms. The number of aromatic nitrogens is 2. The number of benzene rings is 2. The van der Waals surface area contributed by atoms with Crippen LogP contribution >= 0.6 is 0 Å². The van der Waals surface area contributed by atoms with Gasteiger partial charge >= 0.3 is 6.18 Å². The van der Waals surface area contributed by atoms with Gasteiger partial charge in [-0.05, 0) is 18.2 Å². The lowest BCUT2D eigenvalue weighted by molar-refractivity contribution is -0.144. The maximum absolute atomic E-state index is 14.3. The summed E-state index contributed by atoms with van der Waals surface area (Å²) >= 11 is 0. The first-order valence-corrected chi connectivity index (χ1v) is 9.96. The average Bonchev–Trinajstić information content (AvgIpc) is 3.19. The van der Waals surface area contributed by atoms with Crippen LogP contribution in [0.4, 0.5) is 23.2 Å². The van der Waals surface area contributed by atoms with Gasteiger partial charge in [-0.25, -0.2) is 9.37 Å². The lowest BCUT2D eigenvalue weighted by Crippen LogP contribution is -2.52. The van der Waals surface area contributed by atoms with Gasteiger partial charge in [0.1, 0.15) is 23.7 Å². The van der Waals surface area contributed by atoms with Crippen molar-refractivity contribution in [1.29, 1.82) is 0 Å². The van der Waals surface area contributed by atoms with Crippen LogP contribution in [-0.2, 0) is 10.9 Å². The van der Waals surface area contributed by atoms with Crippen molar-refractivity contribution in [2.45, 2.75) is 18.3 Å². The minimum Gasteiger partial charge on any atom is -0.491 e. The number of imidazole rings is 1. The summed E-state index contributed by atoms with van der Waals surface area (Å²) in [7, 11) is 0. The van der Waals surface area contributed by atoms with Crippen LogP contribution in [0.15, 0.2) is 36.4 Å². The van der Waals surface area contributed by atoms with E-state index in [2.05, 4.69) is 20.2 Å². The molecule has 1 saturated heterocycles. The van der Waals surface area contributed by atoms with Crippen LogP contribution in [-0.4, -0.2) is 53.8 Å². The summed E-state index contributed by atoms with van der Waals surface area (Å²) in [5.74, 6) is -1.13. The number of halogens is 4. The summed E-state index contributed by atoms with van der Waals surface area (Å²) < 4.78 is 65.2. The highest BCUT2D eigenvalue weighted by Crippen LogP contribution is 2.39. The number of alkyl halides is 3. The van der Waals surface area contributed by atoms with E-state index in [1.165, 1.54) is 6.07 Å². The first-order chi connectivity index (χ1) is 14.9. The van der Waals surface area contributed by atoms with E-state index < -0.39 is 17.8 Å². The largest absolute Gasteiger partial charge is 0.491 e. The number of ether oxygens (including phenoxy) is 2. The van der Waals surface area contributed by atoms with E-state index in [0.29, 0.717) is 38.7 Å². The van der Waals surface area contributed by atoms with Crippen molar-refractivity contribution in [1.82, 2.24) is 14.9 Å². The van der Waals surface area contributed by atoms with Gasteiger partial charge in [0.15, 0.2) is 0 Å². The fourth-order valence-electron chi connectivity index (χ4n) is 4.24. The van der Waals surface area contributed by atoms with Crippen molar-refractivity contribution in [3.8, 4) is 5.75 Å². The van der Waals surface area contributed by atoms with Gasteiger partial charge in [-0.2, -0.15) is 13.2 Å². The molecule has 2 N–H and O–H groups in total. The van der Waals surface area contributed by atoms with E-state index in [-0.39, 0.29) is 28.8 Å². The van der Waals surface area contributed by atoms with Gasteiger partial charge in [0.2, 0.25) is 5.82 Å². The molecule has 0 radical (unpaired) electrons. The van der Waals surface area contributed by atoms with Gasteiger partial charge in [0.05, 0.1) is 36.5 Å². The molecule has 0 saturated carbocycles. The second-order valence-corrected chi connectivity index (χ2v) is 7.62. The van der Waals surface area contributed by atoms with Gasteiger partial charge in [-0.1, -0.05) is 18.2 Å². The quantitative estimate of drug-likeness (QED) is 0.609. The summed E-state index contributed by atoms with van der Waals surface area (Å²) in [5.41, 5.74) is 1.08. The molecule has 2 aliphatic heterocycles. The molecule has 164 valence electrons. The standard InChI is InChI=1S/C21H20F4N4O2/c22-12-9-14(19-15(10-12)27-20(28-19)21(23,24)25)26-18-13-3-1-2-4-17(13)31-11-16(18)29-5-7-30-8-6-29/h1-4,9-10,16,18,26H,5-8,11H2,(H,27,28)/t16?,18-/m0/s1. The predicted molar refractivity (Wildman–Crippen MR) is 106 cm³/mol. The van der Waals surface area contributed by atoms with Crippen molar-refractivity contribution in [2.24, 2.45) is 0 Å². The normalized spacial score (nSPS) is 22.2. The molecule has 31 heavy (non-hydrogen) atoms. The number of anilines is 1. The number of nitrogens with zero attached hydrogens (tertiary/aromatic N) is 2. The summed E-state index contributed by atoms with van der Waals surface area (Å²) in [6.07, 6.45) is -4.66. The van der Waals surface area contributed by atoms with Gasteiger partial charge in [-0.3, -0.25) is 4.90 Å². The molecule has 2 aliphatic rings. The Kier molecular flexibility index (Phi) is 4.98. The Labute approximate surface area is 175 Å². The third kappa shape index (κ3) is 3.81. The number of nitrogens with one attached hydrogen (secondary N) is 2. The zero-order valence-electron chi connectivity index (χ0n) is 16.4. The molecular weight excluding hydrogens is 416 g/mol. The summed E-state index contributed by atoms with van der Waals surface area (Å²) in [6, 6.07) is 9.22. The molecular formula is C21H20F4N4O2. The molecule has 6 nitrogen and oxygen atoms in total. The van der Waals surface area contributed by atoms with Crippen LogP contribution < -0.4 is 10.1 Å². The van der Waals surface area contributed by atoms with Crippen molar-refractivity contribution in [3.63, 3.8) is 0 Å². The van der Waals surface area contributed by atoms with Crippen molar-refractivity contribution < 1.29 is 27.0 Å². The monoisotopic (exact) mass is 436 g/mol. The highest BCUT2D eigenvalue weighted by molar-refractivity contribution is 5.88. The van der Waals surface area contributed by atoms with Gasteiger partial charge in [0.25, 0.3) is 0 Å². The topological polar surface area (TPSA) is 62.4 Å². The van der Waals surface area contributed by atoms with Crippen LogP contribution in [0, 0.1) is 5.82 Å². The van der Waals surface area contributed by atoms with E-state index in [0.717, 1.165) is 11.6 Å². The molecule has 2 aromatic carbocycles. The predicted octanol–water partition coefficient (Wildman–Crippen LogP) is 3.97. The lowest BCUT2D eigenvalue weighted by atomic mass is 9.94. The number of morpholine rings is 1. The van der Waals surface area contributed by atoms with Crippen LogP contribution in [0.1, 0.15) is 17.4 Å². The van der Waals surface area contributed by atoms with E-state index in [1.54, 1.807) is 0 Å². The molecule has 3 heterocycles. The van der Waals surface area contributed by atoms with Gasteiger partial charge < -0.3 is 19.8 Å². The molecule has 2 atom stereocenters. The van der Waals surface area contributed by atoms with Crippen LogP contribution in [0.25, 0.3) is 11.0 Å². The SMILES string of the molecule is Fc1cc(N[C@H]2c3ccccc3OCC2N2CCOCC2)c2nc(C(F)(F)F)[nH]c2c1. The number of hydrogen-bond acceptors (Lipinski definition) is 5. The Morgan fingerprint density at radius 1 is 1.13 bits per heavy atom. The molecule has 1 fully saturated rings. The number of para-hydroxylation sites is 1. The Hall–Kier alpha value is -2.85. The number of fused-ring (bicyclic) bond motifs is 2. The number of H-pyrrole nitrogens is 1. The van der Waals surface area contributed by atoms with Gasteiger partial charge in [-0.15, -0.1) is 0 Å². The highest BCUT2D eigenvalue weighted by atomic mass is 19.4. The second kappa shape index (κ2) is 7.69. The molecule has 10 heteroatoms. The lowest BCUT2D eigenvalue weighted by Gasteiger charge is -2.42. The zero-order chi connectivity index (χ0) is 21.6. The molecule has 1 unspecified atom stereocenters. The number of aromatic amines is 1. The van der Waals surface area contributed by atoms with Crippen molar-refractivity contribution in [3.05, 3.63) is 53.6 Å². The van der Waals surface area contributed by atoms with Crippen molar-refractivity contribution >= 4 is 16.7 Å². The summed E-state index contributed by atoms with van der Waals surface area (Å²) in [5, 5.41) is 3.28. The second-order valence-electron chi connectivity index (χ2n) is 7.62. The molecule has 0 aliphatic carbocycles. The fourth-order valence-corrected chi connectivity index (χ4v) is 4.24. The van der Waals surface area contributed by atoms with E-state index >= 15 is 0 Å². The van der Waals surface area contributed by atoms with E-state index in [1.807, 2.05) is 24.3 Å². The maximum Gasteiger partial charge on any atom is 0.449 e. The third-order valence-electron chi connectivity index (χ3n) is 5.69. The summed E-state index contributed by atoms with van der Waals surface area (Å²) in [4.78, 5) is 8.11. The number of hydrogen-bond donors (Lipinski definition) is 2. The molecule has 3 aromatic rings. The first kappa shape index (κ1) is 20.1. The molecule has 1 aromatic heterocycles.